The Morgan fingerprint density at radius 1 is 1.16 bits per heavy atom. The predicted octanol–water partition coefficient (Wildman–Crippen LogP) is 3.66. The summed E-state index contributed by atoms with van der Waals surface area (Å²) in [6, 6.07) is 4.37. The van der Waals surface area contributed by atoms with Gasteiger partial charge in [-0.05, 0) is 30.2 Å². The molecule has 0 aliphatic carbocycles. The lowest BCUT2D eigenvalue weighted by Gasteiger charge is -2.18. The number of hydrazine groups is 1. The molecule has 4 heteroatoms. The first kappa shape index (κ1) is 15.9. The molecule has 0 aromatic heterocycles. The lowest BCUT2D eigenvalue weighted by molar-refractivity contribution is 0.475. The third-order valence-electron chi connectivity index (χ3n) is 3.47. The standard InChI is InChI=1S/C15H26FN3/c1-2-3-4-5-6-7-8-15(19-18)13-11-12(16)9-10-14(13)17/h9-11,15,19H,2-8,17-18H2,1H3. The molecule has 19 heavy (non-hydrogen) atoms. The van der Waals surface area contributed by atoms with Crippen LogP contribution in [-0.2, 0) is 0 Å². The maximum absolute atomic E-state index is 13.2. The summed E-state index contributed by atoms with van der Waals surface area (Å²) in [5, 5.41) is 0. The van der Waals surface area contributed by atoms with Gasteiger partial charge in [0.1, 0.15) is 5.82 Å². The molecule has 1 aromatic rings. The van der Waals surface area contributed by atoms with Crippen molar-refractivity contribution < 1.29 is 4.39 Å². The molecule has 0 saturated heterocycles. The molecule has 0 aliphatic rings. The summed E-state index contributed by atoms with van der Waals surface area (Å²) in [4.78, 5) is 0. The Morgan fingerprint density at radius 3 is 2.53 bits per heavy atom. The molecule has 0 aliphatic heterocycles. The van der Waals surface area contributed by atoms with Gasteiger partial charge >= 0.3 is 0 Å². The number of hydrogen-bond donors (Lipinski definition) is 3. The van der Waals surface area contributed by atoms with Crippen LogP contribution in [0.1, 0.15) is 63.5 Å². The van der Waals surface area contributed by atoms with Gasteiger partial charge in [-0.2, -0.15) is 0 Å². The number of benzene rings is 1. The van der Waals surface area contributed by atoms with Crippen LogP contribution in [0, 0.1) is 5.82 Å². The molecule has 0 spiro atoms. The molecule has 0 fully saturated rings. The van der Waals surface area contributed by atoms with Crippen molar-refractivity contribution in [1.82, 2.24) is 5.43 Å². The van der Waals surface area contributed by atoms with Crippen molar-refractivity contribution in [2.24, 2.45) is 5.84 Å². The summed E-state index contributed by atoms with van der Waals surface area (Å²) in [6.45, 7) is 2.21. The van der Waals surface area contributed by atoms with Crippen molar-refractivity contribution in [3.8, 4) is 0 Å². The SMILES string of the molecule is CCCCCCCCC(NN)c1cc(F)ccc1N. The van der Waals surface area contributed by atoms with Gasteiger partial charge in [-0.25, -0.2) is 4.39 Å². The average Bonchev–Trinajstić information content (AvgIpc) is 2.41. The van der Waals surface area contributed by atoms with E-state index in [9.17, 15) is 4.39 Å². The number of halogens is 1. The van der Waals surface area contributed by atoms with Gasteiger partial charge in [0, 0.05) is 11.7 Å². The van der Waals surface area contributed by atoms with Crippen LogP contribution in [-0.4, -0.2) is 0 Å². The molecule has 1 aromatic carbocycles. The first-order chi connectivity index (χ1) is 9.19. The molecule has 1 atom stereocenters. The van der Waals surface area contributed by atoms with E-state index in [4.69, 9.17) is 11.6 Å². The van der Waals surface area contributed by atoms with Crippen molar-refractivity contribution in [2.75, 3.05) is 5.73 Å². The third kappa shape index (κ3) is 5.57. The zero-order chi connectivity index (χ0) is 14.1. The summed E-state index contributed by atoms with van der Waals surface area (Å²) in [6.07, 6.45) is 8.25. The molecular weight excluding hydrogens is 241 g/mol. The van der Waals surface area contributed by atoms with Crippen LogP contribution in [0.4, 0.5) is 10.1 Å². The highest BCUT2D eigenvalue weighted by atomic mass is 19.1. The maximum atomic E-state index is 13.2. The summed E-state index contributed by atoms with van der Waals surface area (Å²) < 4.78 is 13.2. The van der Waals surface area contributed by atoms with E-state index in [0.717, 1.165) is 18.4 Å². The zero-order valence-corrected chi connectivity index (χ0v) is 11.8. The van der Waals surface area contributed by atoms with E-state index < -0.39 is 0 Å². The van der Waals surface area contributed by atoms with E-state index >= 15 is 0 Å². The Bertz CT molecular complexity index is 368. The second kappa shape index (κ2) is 8.88. The van der Waals surface area contributed by atoms with E-state index in [2.05, 4.69) is 12.3 Å². The van der Waals surface area contributed by atoms with Crippen LogP contribution in [0.5, 0.6) is 0 Å². The van der Waals surface area contributed by atoms with Crippen molar-refractivity contribution in [1.29, 1.82) is 0 Å². The monoisotopic (exact) mass is 267 g/mol. The lowest BCUT2D eigenvalue weighted by Crippen LogP contribution is -2.28. The fraction of sp³-hybridized carbons (Fsp3) is 0.600. The van der Waals surface area contributed by atoms with Gasteiger partial charge in [-0.1, -0.05) is 45.4 Å². The third-order valence-corrected chi connectivity index (χ3v) is 3.47. The number of anilines is 1. The Balaban J connectivity index is 2.42. The number of hydrogen-bond acceptors (Lipinski definition) is 3. The lowest BCUT2D eigenvalue weighted by atomic mass is 9.98. The van der Waals surface area contributed by atoms with E-state index in [-0.39, 0.29) is 11.9 Å². The van der Waals surface area contributed by atoms with E-state index in [1.807, 2.05) is 0 Å². The highest BCUT2D eigenvalue weighted by molar-refractivity contribution is 5.48. The topological polar surface area (TPSA) is 64.1 Å². The molecule has 5 N–H and O–H groups in total. The molecular formula is C15H26FN3. The van der Waals surface area contributed by atoms with Gasteiger partial charge in [0.05, 0.1) is 0 Å². The smallest absolute Gasteiger partial charge is 0.123 e. The van der Waals surface area contributed by atoms with Crippen LogP contribution < -0.4 is 17.0 Å². The van der Waals surface area contributed by atoms with Gasteiger partial charge in [0.2, 0.25) is 0 Å². The van der Waals surface area contributed by atoms with Gasteiger partial charge in [-0.15, -0.1) is 0 Å². The molecule has 1 unspecified atom stereocenters. The number of rotatable bonds is 9. The number of unbranched alkanes of at least 4 members (excludes halogenated alkanes) is 5. The quantitative estimate of drug-likeness (QED) is 0.277. The summed E-state index contributed by atoms with van der Waals surface area (Å²) in [5.41, 5.74) is 9.97. The molecule has 108 valence electrons. The van der Waals surface area contributed by atoms with Crippen LogP contribution in [0.15, 0.2) is 18.2 Å². The Kier molecular flexibility index (Phi) is 7.45. The maximum Gasteiger partial charge on any atom is 0.123 e. The van der Waals surface area contributed by atoms with Crippen LogP contribution in [0.25, 0.3) is 0 Å². The summed E-state index contributed by atoms with van der Waals surface area (Å²) >= 11 is 0. The van der Waals surface area contributed by atoms with Gasteiger partial charge < -0.3 is 5.73 Å². The van der Waals surface area contributed by atoms with E-state index in [1.54, 1.807) is 6.07 Å². The zero-order valence-electron chi connectivity index (χ0n) is 11.8. The van der Waals surface area contributed by atoms with E-state index in [0.29, 0.717) is 5.69 Å². The van der Waals surface area contributed by atoms with Crippen LogP contribution in [0.3, 0.4) is 0 Å². The van der Waals surface area contributed by atoms with Crippen LogP contribution in [0.2, 0.25) is 0 Å². The largest absolute Gasteiger partial charge is 0.398 e. The highest BCUT2D eigenvalue weighted by Gasteiger charge is 2.13. The first-order valence-corrected chi connectivity index (χ1v) is 7.20. The number of nitrogens with one attached hydrogen (secondary N) is 1. The van der Waals surface area contributed by atoms with Gasteiger partial charge in [0.25, 0.3) is 0 Å². The Labute approximate surface area is 115 Å². The highest BCUT2D eigenvalue weighted by Crippen LogP contribution is 2.25. The average molecular weight is 267 g/mol. The van der Waals surface area contributed by atoms with Crippen molar-refractivity contribution in [2.45, 2.75) is 57.9 Å². The second-order valence-corrected chi connectivity index (χ2v) is 5.05. The first-order valence-electron chi connectivity index (χ1n) is 7.20. The fourth-order valence-corrected chi connectivity index (χ4v) is 2.30. The van der Waals surface area contributed by atoms with Crippen molar-refractivity contribution in [3.05, 3.63) is 29.6 Å². The Hall–Kier alpha value is -1.13. The molecule has 0 bridgehead atoms. The predicted molar refractivity (Wildman–Crippen MR) is 78.9 cm³/mol. The van der Waals surface area contributed by atoms with Gasteiger partial charge in [0.15, 0.2) is 0 Å². The minimum atomic E-state index is -0.271. The fourth-order valence-electron chi connectivity index (χ4n) is 2.30. The number of nitrogen functional groups attached to an aromatic ring is 1. The van der Waals surface area contributed by atoms with Crippen molar-refractivity contribution >= 4 is 5.69 Å². The summed E-state index contributed by atoms with van der Waals surface area (Å²) in [7, 11) is 0. The normalized spacial score (nSPS) is 12.6. The molecule has 0 saturated carbocycles. The Morgan fingerprint density at radius 2 is 1.84 bits per heavy atom. The van der Waals surface area contributed by atoms with Gasteiger partial charge in [-0.3, -0.25) is 11.3 Å². The molecule has 3 nitrogen and oxygen atoms in total. The van der Waals surface area contributed by atoms with Crippen molar-refractivity contribution in [3.63, 3.8) is 0 Å². The molecule has 0 heterocycles. The number of nitrogens with two attached hydrogens (primary N) is 2. The minimum absolute atomic E-state index is 0.0677. The van der Waals surface area contributed by atoms with Crippen LogP contribution >= 0.6 is 0 Å². The summed E-state index contributed by atoms with van der Waals surface area (Å²) in [5.74, 6) is 5.29. The second-order valence-electron chi connectivity index (χ2n) is 5.05. The minimum Gasteiger partial charge on any atom is -0.398 e. The molecule has 0 amide bonds. The molecule has 0 radical (unpaired) electrons. The molecule has 1 rings (SSSR count). The van der Waals surface area contributed by atoms with E-state index in [1.165, 1.54) is 44.2 Å².